The number of aromatic hydroxyl groups is 1. The molecule has 0 spiro atoms. The quantitative estimate of drug-likeness (QED) is 0.881. The van der Waals surface area contributed by atoms with Crippen LogP contribution in [0, 0.1) is 0 Å². The summed E-state index contributed by atoms with van der Waals surface area (Å²) in [4.78, 5) is 13.6. The smallest absolute Gasteiger partial charge is 0.410 e. The van der Waals surface area contributed by atoms with Crippen LogP contribution in [0.15, 0.2) is 18.2 Å². The second-order valence-corrected chi connectivity index (χ2v) is 7.19. The Morgan fingerprint density at radius 1 is 1.36 bits per heavy atom. The van der Waals surface area contributed by atoms with Crippen LogP contribution >= 0.6 is 0 Å². The van der Waals surface area contributed by atoms with Gasteiger partial charge in [-0.15, -0.1) is 0 Å². The van der Waals surface area contributed by atoms with Crippen molar-refractivity contribution in [1.29, 1.82) is 0 Å². The van der Waals surface area contributed by atoms with Crippen molar-refractivity contribution < 1.29 is 14.6 Å². The fourth-order valence-corrected chi connectivity index (χ4v) is 3.15. The van der Waals surface area contributed by atoms with Gasteiger partial charge >= 0.3 is 6.09 Å². The lowest BCUT2D eigenvalue weighted by Crippen LogP contribution is -2.60. The summed E-state index contributed by atoms with van der Waals surface area (Å²) in [5.41, 5.74) is 1.80. The predicted molar refractivity (Wildman–Crippen MR) is 83.9 cm³/mol. The molecule has 0 aromatic heterocycles. The topological polar surface area (TPSA) is 61.8 Å². The molecular formula is C17H24N2O3. The number of rotatable bonds is 2. The number of benzene rings is 1. The first-order valence-electron chi connectivity index (χ1n) is 7.88. The number of nitrogens with one attached hydrogen (secondary N) is 1. The van der Waals surface area contributed by atoms with Gasteiger partial charge in [0.25, 0.3) is 0 Å². The molecule has 1 saturated heterocycles. The molecule has 3 rings (SSSR count). The number of ether oxygens (including phenoxy) is 1. The zero-order chi connectivity index (χ0) is 15.9. The Labute approximate surface area is 131 Å². The predicted octanol–water partition coefficient (Wildman–Crippen LogP) is 2.59. The molecule has 1 heterocycles. The summed E-state index contributed by atoms with van der Waals surface area (Å²) in [5, 5.41) is 13.5. The van der Waals surface area contributed by atoms with E-state index in [9.17, 15) is 9.90 Å². The van der Waals surface area contributed by atoms with Gasteiger partial charge in [-0.3, -0.25) is 0 Å². The molecule has 1 amide bonds. The molecule has 0 radical (unpaired) electrons. The number of nitrogens with zero attached hydrogens (tertiary/aromatic N) is 1. The number of carbonyl (C=O) groups excluding carboxylic acids is 1. The largest absolute Gasteiger partial charge is 0.508 e. The van der Waals surface area contributed by atoms with E-state index in [4.69, 9.17) is 4.74 Å². The van der Waals surface area contributed by atoms with Gasteiger partial charge in [0, 0.05) is 25.2 Å². The van der Waals surface area contributed by atoms with Crippen molar-refractivity contribution in [3.8, 4) is 5.75 Å². The van der Waals surface area contributed by atoms with Gasteiger partial charge in [-0.2, -0.15) is 0 Å². The standard InChI is InChI=1S/C17H24N2O3/c1-17(2,3)22-16(21)19-9-11(10-19)18-14-8-7-13-12(14)5-4-6-15(13)20/h4-6,11,14,18,20H,7-10H2,1-3H3. The monoisotopic (exact) mass is 304 g/mol. The Kier molecular flexibility index (Phi) is 3.77. The summed E-state index contributed by atoms with van der Waals surface area (Å²) >= 11 is 0. The molecule has 5 nitrogen and oxygen atoms in total. The summed E-state index contributed by atoms with van der Waals surface area (Å²) in [6, 6.07) is 6.28. The minimum Gasteiger partial charge on any atom is -0.508 e. The van der Waals surface area contributed by atoms with Crippen LogP contribution in [0.3, 0.4) is 0 Å². The highest BCUT2D eigenvalue weighted by atomic mass is 16.6. The van der Waals surface area contributed by atoms with Crippen molar-refractivity contribution in [2.24, 2.45) is 0 Å². The van der Waals surface area contributed by atoms with Crippen molar-refractivity contribution in [3.05, 3.63) is 29.3 Å². The van der Waals surface area contributed by atoms with Crippen molar-refractivity contribution in [3.63, 3.8) is 0 Å². The zero-order valence-electron chi connectivity index (χ0n) is 13.4. The summed E-state index contributed by atoms with van der Waals surface area (Å²) in [7, 11) is 0. The van der Waals surface area contributed by atoms with Crippen LogP contribution in [-0.4, -0.2) is 40.8 Å². The van der Waals surface area contributed by atoms with E-state index >= 15 is 0 Å². The number of likely N-dealkylation sites (tertiary alicyclic amines) is 1. The minimum atomic E-state index is -0.447. The first-order valence-corrected chi connectivity index (χ1v) is 7.88. The maximum atomic E-state index is 11.9. The third kappa shape index (κ3) is 3.04. The van der Waals surface area contributed by atoms with Crippen molar-refractivity contribution in [1.82, 2.24) is 10.2 Å². The van der Waals surface area contributed by atoms with Crippen LogP contribution in [0.25, 0.3) is 0 Å². The van der Waals surface area contributed by atoms with Crippen LogP contribution in [0.4, 0.5) is 4.79 Å². The Morgan fingerprint density at radius 2 is 2.09 bits per heavy atom. The van der Waals surface area contributed by atoms with E-state index in [2.05, 4.69) is 11.4 Å². The Morgan fingerprint density at radius 3 is 2.77 bits per heavy atom. The Hall–Kier alpha value is -1.75. The first kappa shape index (κ1) is 15.2. The van der Waals surface area contributed by atoms with Gasteiger partial charge in [0.2, 0.25) is 0 Å². The number of carbonyl (C=O) groups is 1. The van der Waals surface area contributed by atoms with Crippen LogP contribution < -0.4 is 5.32 Å². The second-order valence-electron chi connectivity index (χ2n) is 7.19. The van der Waals surface area contributed by atoms with Gasteiger partial charge in [0.1, 0.15) is 11.4 Å². The normalized spacial score (nSPS) is 21.4. The number of phenols is 1. The molecule has 0 saturated carbocycles. The van der Waals surface area contributed by atoms with Crippen LogP contribution in [0.2, 0.25) is 0 Å². The lowest BCUT2D eigenvalue weighted by molar-refractivity contribution is 0.00415. The van der Waals surface area contributed by atoms with E-state index in [0.717, 1.165) is 18.4 Å². The molecule has 1 aliphatic carbocycles. The first-order chi connectivity index (χ1) is 10.3. The summed E-state index contributed by atoms with van der Waals surface area (Å²) in [6.45, 7) is 6.99. The van der Waals surface area contributed by atoms with E-state index in [1.165, 1.54) is 5.56 Å². The van der Waals surface area contributed by atoms with Gasteiger partial charge < -0.3 is 20.1 Å². The van der Waals surface area contributed by atoms with Crippen LogP contribution in [0.1, 0.15) is 44.4 Å². The van der Waals surface area contributed by atoms with E-state index in [0.29, 0.717) is 24.9 Å². The highest BCUT2D eigenvalue weighted by molar-refractivity contribution is 5.69. The second kappa shape index (κ2) is 5.47. The van der Waals surface area contributed by atoms with Crippen molar-refractivity contribution in [2.45, 2.75) is 51.3 Å². The molecule has 5 heteroatoms. The highest BCUT2D eigenvalue weighted by Gasteiger charge is 2.36. The highest BCUT2D eigenvalue weighted by Crippen LogP contribution is 2.36. The molecular weight excluding hydrogens is 280 g/mol. The molecule has 1 aromatic carbocycles. The number of hydrogen-bond acceptors (Lipinski definition) is 4. The average Bonchev–Trinajstić information content (AvgIpc) is 2.75. The SMILES string of the molecule is CC(C)(C)OC(=O)N1CC(NC2CCc3c(O)cccc32)C1. The summed E-state index contributed by atoms with van der Waals surface area (Å²) < 4.78 is 5.36. The number of amides is 1. The Balaban J connectivity index is 1.52. The lowest BCUT2D eigenvalue weighted by atomic mass is 10.0. The van der Waals surface area contributed by atoms with Crippen LogP contribution in [-0.2, 0) is 11.2 Å². The third-order valence-electron chi connectivity index (χ3n) is 4.22. The minimum absolute atomic E-state index is 0.241. The molecule has 1 aliphatic heterocycles. The van der Waals surface area contributed by atoms with Gasteiger partial charge in [0.05, 0.1) is 0 Å². The van der Waals surface area contributed by atoms with E-state index in [1.54, 1.807) is 11.0 Å². The Bertz CT molecular complexity index is 574. The fourth-order valence-electron chi connectivity index (χ4n) is 3.15. The molecule has 2 N–H and O–H groups in total. The number of hydrogen-bond donors (Lipinski definition) is 2. The molecule has 1 aromatic rings. The molecule has 1 fully saturated rings. The molecule has 1 atom stereocenters. The molecule has 2 aliphatic rings. The lowest BCUT2D eigenvalue weighted by Gasteiger charge is -2.41. The zero-order valence-corrected chi connectivity index (χ0v) is 13.4. The van der Waals surface area contributed by atoms with Crippen LogP contribution in [0.5, 0.6) is 5.75 Å². The number of fused-ring (bicyclic) bond motifs is 1. The summed E-state index contributed by atoms with van der Waals surface area (Å²) in [6.07, 6.45) is 1.66. The van der Waals surface area contributed by atoms with E-state index < -0.39 is 5.60 Å². The van der Waals surface area contributed by atoms with Gasteiger partial charge in [-0.05, 0) is 50.8 Å². The third-order valence-corrected chi connectivity index (χ3v) is 4.22. The molecule has 22 heavy (non-hydrogen) atoms. The van der Waals surface area contributed by atoms with E-state index in [-0.39, 0.29) is 12.1 Å². The number of phenolic OH excluding ortho intramolecular Hbond substituents is 1. The van der Waals surface area contributed by atoms with E-state index in [1.807, 2.05) is 26.8 Å². The molecule has 0 bridgehead atoms. The summed E-state index contributed by atoms with van der Waals surface area (Å²) in [5.74, 6) is 0.394. The van der Waals surface area contributed by atoms with Crippen molar-refractivity contribution >= 4 is 6.09 Å². The average molecular weight is 304 g/mol. The van der Waals surface area contributed by atoms with Gasteiger partial charge in [0.15, 0.2) is 0 Å². The van der Waals surface area contributed by atoms with Crippen molar-refractivity contribution in [2.75, 3.05) is 13.1 Å². The van der Waals surface area contributed by atoms with Gasteiger partial charge in [-0.25, -0.2) is 4.79 Å². The fraction of sp³-hybridized carbons (Fsp3) is 0.588. The molecule has 1 unspecified atom stereocenters. The maximum absolute atomic E-state index is 11.9. The van der Waals surface area contributed by atoms with Gasteiger partial charge in [-0.1, -0.05) is 12.1 Å². The molecule has 120 valence electrons. The maximum Gasteiger partial charge on any atom is 0.410 e.